The third-order valence-electron chi connectivity index (χ3n) is 4.50. The standard InChI is InChI=1S/C23H20N4O2/c1-2-29-23(28)19-7-5-18(6-8-19)21-11-12-25-22(26-21)15-17-3-9-20(10-4-17)27-14-13-24-16-27/h3-14,16H,2,15H2,1H3. The first-order valence-electron chi connectivity index (χ1n) is 9.39. The Hall–Kier alpha value is -3.80. The highest BCUT2D eigenvalue weighted by atomic mass is 16.5. The molecule has 0 unspecified atom stereocenters. The number of hydrogen-bond donors (Lipinski definition) is 0. The molecule has 0 aliphatic rings. The van der Waals surface area contributed by atoms with Gasteiger partial charge in [-0.2, -0.15) is 0 Å². The fourth-order valence-electron chi connectivity index (χ4n) is 3.02. The van der Waals surface area contributed by atoms with Gasteiger partial charge in [-0.15, -0.1) is 0 Å². The van der Waals surface area contributed by atoms with Crippen LogP contribution in [-0.2, 0) is 11.2 Å². The third-order valence-corrected chi connectivity index (χ3v) is 4.50. The summed E-state index contributed by atoms with van der Waals surface area (Å²) in [5.41, 5.74) is 4.46. The van der Waals surface area contributed by atoms with Gasteiger partial charge in [0.15, 0.2) is 0 Å². The molecule has 0 aliphatic carbocycles. The molecule has 2 heterocycles. The average molecular weight is 384 g/mol. The van der Waals surface area contributed by atoms with Crippen molar-refractivity contribution >= 4 is 5.97 Å². The fourth-order valence-corrected chi connectivity index (χ4v) is 3.02. The van der Waals surface area contributed by atoms with Crippen molar-refractivity contribution in [2.75, 3.05) is 6.61 Å². The number of hydrogen-bond acceptors (Lipinski definition) is 5. The van der Waals surface area contributed by atoms with Gasteiger partial charge in [0.2, 0.25) is 0 Å². The predicted octanol–water partition coefficient (Wildman–Crippen LogP) is 4.10. The molecule has 2 aromatic carbocycles. The van der Waals surface area contributed by atoms with Crippen LogP contribution in [-0.4, -0.2) is 32.1 Å². The summed E-state index contributed by atoms with van der Waals surface area (Å²) in [5.74, 6) is 0.425. The van der Waals surface area contributed by atoms with Crippen LogP contribution in [0.2, 0.25) is 0 Å². The fraction of sp³-hybridized carbons (Fsp3) is 0.130. The molecule has 0 bridgehead atoms. The Kier molecular flexibility index (Phi) is 5.42. The predicted molar refractivity (Wildman–Crippen MR) is 110 cm³/mol. The van der Waals surface area contributed by atoms with Crippen LogP contribution in [0.5, 0.6) is 0 Å². The van der Waals surface area contributed by atoms with E-state index in [-0.39, 0.29) is 5.97 Å². The Balaban J connectivity index is 1.49. The topological polar surface area (TPSA) is 69.9 Å². The second kappa shape index (κ2) is 8.48. The van der Waals surface area contributed by atoms with Gasteiger partial charge in [-0.1, -0.05) is 24.3 Å². The highest BCUT2D eigenvalue weighted by Crippen LogP contribution is 2.19. The van der Waals surface area contributed by atoms with Gasteiger partial charge < -0.3 is 9.30 Å². The van der Waals surface area contributed by atoms with E-state index in [1.165, 1.54) is 0 Å². The van der Waals surface area contributed by atoms with Gasteiger partial charge >= 0.3 is 5.97 Å². The summed E-state index contributed by atoms with van der Waals surface area (Å²) in [6.45, 7) is 2.15. The number of imidazole rings is 1. The van der Waals surface area contributed by atoms with Gasteiger partial charge in [-0.05, 0) is 42.8 Å². The lowest BCUT2D eigenvalue weighted by Gasteiger charge is -2.07. The van der Waals surface area contributed by atoms with Crippen LogP contribution < -0.4 is 0 Å². The summed E-state index contributed by atoms with van der Waals surface area (Å²) in [6, 6.07) is 17.4. The zero-order valence-electron chi connectivity index (χ0n) is 16.0. The molecular formula is C23H20N4O2. The van der Waals surface area contributed by atoms with Crippen LogP contribution in [0.1, 0.15) is 28.7 Å². The summed E-state index contributed by atoms with van der Waals surface area (Å²) >= 11 is 0. The van der Waals surface area contributed by atoms with Crippen LogP contribution in [0.3, 0.4) is 0 Å². The maximum atomic E-state index is 11.8. The molecule has 144 valence electrons. The Morgan fingerprint density at radius 1 is 1.00 bits per heavy atom. The van der Waals surface area contributed by atoms with Crippen LogP contribution in [0.15, 0.2) is 79.5 Å². The minimum atomic E-state index is -0.318. The quantitative estimate of drug-likeness (QED) is 0.468. The molecule has 6 heteroatoms. The second-order valence-electron chi connectivity index (χ2n) is 6.47. The smallest absolute Gasteiger partial charge is 0.338 e. The summed E-state index contributed by atoms with van der Waals surface area (Å²) in [4.78, 5) is 24.9. The van der Waals surface area contributed by atoms with E-state index in [1.807, 2.05) is 29.0 Å². The van der Waals surface area contributed by atoms with Crippen LogP contribution >= 0.6 is 0 Å². The molecule has 0 fully saturated rings. The highest BCUT2D eigenvalue weighted by molar-refractivity contribution is 5.89. The van der Waals surface area contributed by atoms with Gasteiger partial charge in [-0.3, -0.25) is 0 Å². The number of nitrogens with zero attached hydrogens (tertiary/aromatic N) is 4. The lowest BCUT2D eigenvalue weighted by Crippen LogP contribution is -2.04. The molecule has 4 aromatic rings. The van der Waals surface area contributed by atoms with Crippen molar-refractivity contribution in [2.45, 2.75) is 13.3 Å². The van der Waals surface area contributed by atoms with E-state index < -0.39 is 0 Å². The highest BCUT2D eigenvalue weighted by Gasteiger charge is 2.08. The molecular weight excluding hydrogens is 364 g/mol. The summed E-state index contributed by atoms with van der Waals surface area (Å²) in [5, 5.41) is 0. The Morgan fingerprint density at radius 2 is 1.79 bits per heavy atom. The first-order valence-corrected chi connectivity index (χ1v) is 9.39. The number of rotatable bonds is 6. The van der Waals surface area contributed by atoms with Crippen molar-refractivity contribution in [3.63, 3.8) is 0 Å². The number of carbonyl (C=O) groups excluding carboxylic acids is 1. The molecule has 29 heavy (non-hydrogen) atoms. The lowest BCUT2D eigenvalue weighted by atomic mass is 10.1. The van der Waals surface area contributed by atoms with Gasteiger partial charge in [-0.25, -0.2) is 19.7 Å². The summed E-state index contributed by atoms with van der Waals surface area (Å²) in [7, 11) is 0. The number of carbonyl (C=O) groups is 1. The molecule has 0 spiro atoms. The Bertz CT molecular complexity index is 1090. The molecule has 0 aliphatic heterocycles. The van der Waals surface area contributed by atoms with Crippen molar-refractivity contribution in [1.82, 2.24) is 19.5 Å². The number of esters is 1. The van der Waals surface area contributed by atoms with Crippen LogP contribution in [0.4, 0.5) is 0 Å². The molecule has 0 saturated heterocycles. The maximum Gasteiger partial charge on any atom is 0.338 e. The van der Waals surface area contributed by atoms with Crippen molar-refractivity contribution in [3.8, 4) is 16.9 Å². The van der Waals surface area contributed by atoms with Gasteiger partial charge in [0.25, 0.3) is 0 Å². The Labute approximate surface area is 168 Å². The van der Waals surface area contributed by atoms with E-state index in [0.29, 0.717) is 18.6 Å². The summed E-state index contributed by atoms with van der Waals surface area (Å²) in [6.07, 6.45) is 7.84. The molecule has 0 saturated carbocycles. The number of benzene rings is 2. The van der Waals surface area contributed by atoms with Gasteiger partial charge in [0, 0.05) is 36.3 Å². The monoisotopic (exact) mass is 384 g/mol. The SMILES string of the molecule is CCOC(=O)c1ccc(-c2ccnc(Cc3ccc(-n4ccnc4)cc3)n2)cc1. The average Bonchev–Trinajstić information content (AvgIpc) is 3.30. The molecule has 0 N–H and O–H groups in total. The largest absolute Gasteiger partial charge is 0.462 e. The number of aromatic nitrogens is 4. The van der Waals surface area contributed by atoms with E-state index in [9.17, 15) is 4.79 Å². The number of ether oxygens (including phenoxy) is 1. The van der Waals surface area contributed by atoms with E-state index in [2.05, 4.69) is 39.2 Å². The van der Waals surface area contributed by atoms with E-state index >= 15 is 0 Å². The van der Waals surface area contributed by atoms with E-state index in [4.69, 9.17) is 4.74 Å². The molecule has 4 rings (SSSR count). The van der Waals surface area contributed by atoms with Crippen molar-refractivity contribution in [2.24, 2.45) is 0 Å². The van der Waals surface area contributed by atoms with Gasteiger partial charge in [0.05, 0.1) is 24.2 Å². The van der Waals surface area contributed by atoms with Crippen LogP contribution in [0, 0.1) is 0 Å². The normalized spacial score (nSPS) is 10.7. The van der Waals surface area contributed by atoms with Crippen molar-refractivity contribution < 1.29 is 9.53 Å². The Morgan fingerprint density at radius 3 is 2.48 bits per heavy atom. The third kappa shape index (κ3) is 4.38. The molecule has 2 aromatic heterocycles. The van der Waals surface area contributed by atoms with E-state index in [1.54, 1.807) is 37.8 Å². The second-order valence-corrected chi connectivity index (χ2v) is 6.47. The van der Waals surface area contributed by atoms with Crippen LogP contribution in [0.25, 0.3) is 16.9 Å². The van der Waals surface area contributed by atoms with E-state index in [0.717, 1.165) is 28.3 Å². The molecule has 6 nitrogen and oxygen atoms in total. The first kappa shape index (κ1) is 18.6. The minimum Gasteiger partial charge on any atom is -0.462 e. The molecule has 0 radical (unpaired) electrons. The van der Waals surface area contributed by atoms with Crippen molar-refractivity contribution in [1.29, 1.82) is 0 Å². The van der Waals surface area contributed by atoms with Gasteiger partial charge in [0.1, 0.15) is 5.82 Å². The zero-order valence-corrected chi connectivity index (χ0v) is 16.0. The minimum absolute atomic E-state index is 0.318. The first-order chi connectivity index (χ1) is 14.2. The lowest BCUT2D eigenvalue weighted by molar-refractivity contribution is 0.0526. The molecule has 0 atom stereocenters. The maximum absolute atomic E-state index is 11.8. The molecule has 0 amide bonds. The van der Waals surface area contributed by atoms with Crippen molar-refractivity contribution in [3.05, 3.63) is 96.5 Å². The summed E-state index contributed by atoms with van der Waals surface area (Å²) < 4.78 is 6.98. The zero-order chi connectivity index (χ0) is 20.1.